The molecule has 0 aliphatic heterocycles. The first kappa shape index (κ1) is 16.4. The minimum absolute atomic E-state index is 0.490. The van der Waals surface area contributed by atoms with Gasteiger partial charge in [0.1, 0.15) is 5.69 Å². The van der Waals surface area contributed by atoms with Gasteiger partial charge in [-0.1, -0.05) is 65.7 Å². The highest BCUT2D eigenvalue weighted by Crippen LogP contribution is 2.32. The number of nitrogens with one attached hydrogen (secondary N) is 2. The highest BCUT2D eigenvalue weighted by atomic mass is 35.5. The first-order valence-electron chi connectivity index (χ1n) is 7.39. The molecule has 0 fully saturated rings. The van der Waals surface area contributed by atoms with Crippen molar-refractivity contribution in [2.45, 2.75) is 0 Å². The van der Waals surface area contributed by atoms with Crippen LogP contribution in [0, 0.1) is 0 Å². The van der Waals surface area contributed by atoms with Crippen LogP contribution in [0.1, 0.15) is 0 Å². The van der Waals surface area contributed by atoms with E-state index in [4.69, 9.17) is 23.2 Å². The zero-order chi connectivity index (χ0) is 16.8. The Hall–Kier alpha value is -2.49. The van der Waals surface area contributed by atoms with Crippen molar-refractivity contribution in [1.29, 1.82) is 0 Å². The molecule has 3 nitrogen and oxygen atoms in total. The Morgan fingerprint density at radius 2 is 1.08 bits per heavy atom. The van der Waals surface area contributed by atoms with Crippen LogP contribution in [0.5, 0.6) is 0 Å². The maximum absolute atomic E-state index is 6.23. The Balaban J connectivity index is 1.96. The van der Waals surface area contributed by atoms with Gasteiger partial charge in [0.25, 0.3) is 0 Å². The standard InChI is InChI=1S/C19H15Cl2N3/c20-16-12-7-13-17(21)18(16)24-19(22-14-8-3-1-4-9-14)23-15-10-5-2-6-11-15/h1-13H,(H2,22,23,24). The van der Waals surface area contributed by atoms with Crippen LogP contribution in [0.25, 0.3) is 0 Å². The lowest BCUT2D eigenvalue weighted by Crippen LogP contribution is -2.21. The molecule has 0 aliphatic rings. The fourth-order valence-corrected chi connectivity index (χ4v) is 2.59. The molecule has 0 radical (unpaired) electrons. The number of guanidine groups is 1. The molecule has 0 aliphatic carbocycles. The summed E-state index contributed by atoms with van der Waals surface area (Å²) in [5, 5.41) is 7.48. The Morgan fingerprint density at radius 3 is 1.54 bits per heavy atom. The molecule has 5 heteroatoms. The zero-order valence-corrected chi connectivity index (χ0v) is 14.2. The molecular formula is C19H15Cl2N3. The van der Waals surface area contributed by atoms with E-state index in [2.05, 4.69) is 15.6 Å². The van der Waals surface area contributed by atoms with Crippen LogP contribution in [-0.4, -0.2) is 5.96 Å². The lowest BCUT2D eigenvalue weighted by atomic mass is 10.3. The first-order chi connectivity index (χ1) is 11.7. The van der Waals surface area contributed by atoms with Crippen LogP contribution in [0.4, 0.5) is 17.1 Å². The van der Waals surface area contributed by atoms with Crippen molar-refractivity contribution in [2.75, 3.05) is 10.6 Å². The molecule has 0 saturated carbocycles. The Kier molecular flexibility index (Phi) is 5.36. The predicted molar refractivity (Wildman–Crippen MR) is 104 cm³/mol. The van der Waals surface area contributed by atoms with Crippen LogP contribution in [-0.2, 0) is 0 Å². The van der Waals surface area contributed by atoms with Crippen molar-refractivity contribution in [2.24, 2.45) is 4.99 Å². The SMILES string of the molecule is Clc1cccc(Cl)c1N=C(Nc1ccccc1)Nc1ccccc1. The van der Waals surface area contributed by atoms with Gasteiger partial charge in [-0.2, -0.15) is 0 Å². The van der Waals surface area contributed by atoms with Gasteiger partial charge in [0.05, 0.1) is 10.0 Å². The number of benzene rings is 3. The van der Waals surface area contributed by atoms with E-state index in [0.717, 1.165) is 11.4 Å². The predicted octanol–water partition coefficient (Wildman–Crippen LogP) is 6.21. The molecule has 0 unspecified atom stereocenters. The van der Waals surface area contributed by atoms with Crippen LogP contribution >= 0.6 is 23.2 Å². The summed E-state index contributed by atoms with van der Waals surface area (Å²) < 4.78 is 0. The van der Waals surface area contributed by atoms with Crippen molar-refractivity contribution in [3.8, 4) is 0 Å². The van der Waals surface area contributed by atoms with E-state index in [0.29, 0.717) is 21.7 Å². The van der Waals surface area contributed by atoms with Gasteiger partial charge in [-0.3, -0.25) is 0 Å². The summed E-state index contributed by atoms with van der Waals surface area (Å²) in [6.07, 6.45) is 0. The molecule has 0 spiro atoms. The molecule has 0 aromatic heterocycles. The van der Waals surface area contributed by atoms with Gasteiger partial charge in [-0.25, -0.2) is 4.99 Å². The molecular weight excluding hydrogens is 341 g/mol. The van der Waals surface area contributed by atoms with E-state index in [-0.39, 0.29) is 0 Å². The van der Waals surface area contributed by atoms with Crippen molar-refractivity contribution in [3.05, 3.63) is 88.9 Å². The van der Waals surface area contributed by atoms with E-state index in [9.17, 15) is 0 Å². The van der Waals surface area contributed by atoms with E-state index in [1.165, 1.54) is 0 Å². The summed E-state index contributed by atoms with van der Waals surface area (Å²) in [7, 11) is 0. The Morgan fingerprint density at radius 1 is 0.625 bits per heavy atom. The smallest absolute Gasteiger partial charge is 0.205 e. The monoisotopic (exact) mass is 355 g/mol. The second-order valence-electron chi connectivity index (χ2n) is 5.01. The minimum Gasteiger partial charge on any atom is -0.326 e. The van der Waals surface area contributed by atoms with Gasteiger partial charge >= 0.3 is 0 Å². The maximum atomic E-state index is 6.23. The summed E-state index contributed by atoms with van der Waals surface area (Å²) in [6, 6.07) is 24.8. The Labute approximate surface area is 151 Å². The minimum atomic E-state index is 0.490. The molecule has 3 aromatic rings. The topological polar surface area (TPSA) is 36.4 Å². The summed E-state index contributed by atoms with van der Waals surface area (Å²) in [6.45, 7) is 0. The molecule has 24 heavy (non-hydrogen) atoms. The van der Waals surface area contributed by atoms with E-state index in [1.807, 2.05) is 60.7 Å². The molecule has 0 bridgehead atoms. The summed E-state index contributed by atoms with van der Waals surface area (Å²) in [5.74, 6) is 0.530. The molecule has 3 rings (SSSR count). The molecule has 120 valence electrons. The second-order valence-corrected chi connectivity index (χ2v) is 5.83. The number of rotatable bonds is 3. The van der Waals surface area contributed by atoms with E-state index < -0.39 is 0 Å². The normalized spacial score (nSPS) is 10.1. The average molecular weight is 356 g/mol. The number of hydrogen-bond acceptors (Lipinski definition) is 1. The zero-order valence-electron chi connectivity index (χ0n) is 12.7. The highest BCUT2D eigenvalue weighted by molar-refractivity contribution is 6.39. The summed E-state index contributed by atoms with van der Waals surface area (Å²) in [4.78, 5) is 4.58. The van der Waals surface area contributed by atoms with Crippen LogP contribution in [0.15, 0.2) is 83.9 Å². The summed E-state index contributed by atoms with van der Waals surface area (Å²) in [5.41, 5.74) is 2.33. The largest absolute Gasteiger partial charge is 0.326 e. The molecule has 3 aromatic carbocycles. The third-order valence-corrected chi connectivity index (χ3v) is 3.84. The highest BCUT2D eigenvalue weighted by Gasteiger charge is 2.07. The molecule has 0 saturated heterocycles. The first-order valence-corrected chi connectivity index (χ1v) is 8.15. The molecule has 0 heterocycles. The molecule has 0 atom stereocenters. The van der Waals surface area contributed by atoms with Crippen LogP contribution in [0.2, 0.25) is 10.0 Å². The van der Waals surface area contributed by atoms with Gasteiger partial charge in [-0.15, -0.1) is 0 Å². The van der Waals surface area contributed by atoms with Gasteiger partial charge in [0.2, 0.25) is 5.96 Å². The number of aliphatic imine (C=N–C) groups is 1. The third kappa shape index (κ3) is 4.28. The second kappa shape index (κ2) is 7.86. The number of hydrogen-bond donors (Lipinski definition) is 2. The van der Waals surface area contributed by atoms with E-state index in [1.54, 1.807) is 18.2 Å². The van der Waals surface area contributed by atoms with Crippen molar-refractivity contribution in [1.82, 2.24) is 0 Å². The van der Waals surface area contributed by atoms with Crippen molar-refractivity contribution >= 4 is 46.2 Å². The lowest BCUT2D eigenvalue weighted by molar-refractivity contribution is 1.45. The summed E-state index contributed by atoms with van der Waals surface area (Å²) >= 11 is 12.5. The van der Waals surface area contributed by atoms with Crippen molar-refractivity contribution in [3.63, 3.8) is 0 Å². The third-order valence-electron chi connectivity index (χ3n) is 3.23. The van der Waals surface area contributed by atoms with E-state index >= 15 is 0 Å². The quantitative estimate of drug-likeness (QED) is 0.433. The molecule has 2 N–H and O–H groups in total. The number of para-hydroxylation sites is 3. The number of halogens is 2. The van der Waals surface area contributed by atoms with Crippen molar-refractivity contribution < 1.29 is 0 Å². The number of nitrogens with zero attached hydrogens (tertiary/aromatic N) is 1. The Bertz CT molecular complexity index is 770. The van der Waals surface area contributed by atoms with Gasteiger partial charge < -0.3 is 10.6 Å². The van der Waals surface area contributed by atoms with Gasteiger partial charge in [-0.05, 0) is 36.4 Å². The fourth-order valence-electron chi connectivity index (χ4n) is 2.11. The average Bonchev–Trinajstić information content (AvgIpc) is 2.60. The van der Waals surface area contributed by atoms with Crippen LogP contribution < -0.4 is 10.6 Å². The number of anilines is 2. The van der Waals surface area contributed by atoms with Crippen LogP contribution in [0.3, 0.4) is 0 Å². The molecule has 0 amide bonds. The fraction of sp³-hybridized carbons (Fsp3) is 0. The van der Waals surface area contributed by atoms with Gasteiger partial charge in [0, 0.05) is 11.4 Å². The van der Waals surface area contributed by atoms with Gasteiger partial charge in [0.15, 0.2) is 0 Å². The maximum Gasteiger partial charge on any atom is 0.205 e. The lowest BCUT2D eigenvalue weighted by Gasteiger charge is -2.13.